The van der Waals surface area contributed by atoms with Gasteiger partial charge in [-0.25, -0.2) is 4.57 Å². The number of nitrogens with zero attached hydrogens (tertiary/aromatic N) is 1. The number of esters is 2. The van der Waals surface area contributed by atoms with Gasteiger partial charge in [0.1, 0.15) is 19.8 Å². The minimum absolute atomic E-state index is 0.0237. The third-order valence-electron chi connectivity index (χ3n) is 8.63. The van der Waals surface area contributed by atoms with E-state index in [9.17, 15) is 19.0 Å². The molecule has 2 atom stereocenters. The van der Waals surface area contributed by atoms with Crippen LogP contribution < -0.4 is 0 Å². The number of unbranched alkanes of at least 4 members (excludes halogenated alkanes) is 16. The van der Waals surface area contributed by atoms with E-state index in [2.05, 4.69) is 44.2 Å². The molecule has 54 heavy (non-hydrogen) atoms. The van der Waals surface area contributed by atoms with Crippen LogP contribution in [0.3, 0.4) is 0 Å². The van der Waals surface area contributed by atoms with Crippen molar-refractivity contribution in [1.82, 2.24) is 0 Å². The maximum atomic E-state index is 12.7. The fourth-order valence-corrected chi connectivity index (χ4v) is 6.04. The van der Waals surface area contributed by atoms with Crippen molar-refractivity contribution < 1.29 is 42.1 Å². The number of likely N-dealkylation sites (N-methyl/N-ethyl adjacent to an activating group) is 1. The van der Waals surface area contributed by atoms with Crippen LogP contribution in [0.25, 0.3) is 0 Å². The van der Waals surface area contributed by atoms with Crippen molar-refractivity contribution >= 4 is 19.8 Å². The number of rotatable bonds is 37. The summed E-state index contributed by atoms with van der Waals surface area (Å²) in [4.78, 5) is 35.3. The first-order chi connectivity index (χ1) is 26.0. The maximum Gasteiger partial charge on any atom is 0.472 e. The molecule has 0 saturated heterocycles. The molecule has 1 unspecified atom stereocenters. The van der Waals surface area contributed by atoms with Crippen LogP contribution in [-0.4, -0.2) is 74.9 Å². The highest BCUT2D eigenvalue weighted by molar-refractivity contribution is 7.47. The van der Waals surface area contributed by atoms with Crippen molar-refractivity contribution in [2.75, 3.05) is 47.5 Å². The summed E-state index contributed by atoms with van der Waals surface area (Å²) in [5.41, 5.74) is 0. The Morgan fingerprint density at radius 2 is 1.07 bits per heavy atom. The van der Waals surface area contributed by atoms with Gasteiger partial charge < -0.3 is 18.9 Å². The molecule has 0 aliphatic rings. The largest absolute Gasteiger partial charge is 0.472 e. The summed E-state index contributed by atoms with van der Waals surface area (Å²) in [5.74, 6) is -0.833. The van der Waals surface area contributed by atoms with Crippen molar-refractivity contribution in [2.24, 2.45) is 0 Å². The molecule has 312 valence electrons. The molecule has 0 aromatic heterocycles. The summed E-state index contributed by atoms with van der Waals surface area (Å²) in [6, 6.07) is 0. The maximum absolute atomic E-state index is 12.7. The lowest BCUT2D eigenvalue weighted by Gasteiger charge is -2.24. The van der Waals surface area contributed by atoms with Gasteiger partial charge in [0.15, 0.2) is 6.10 Å². The Kier molecular flexibility index (Phi) is 34.8. The molecule has 1 N–H and O–H groups in total. The third kappa shape index (κ3) is 39.4. The van der Waals surface area contributed by atoms with E-state index in [1.807, 2.05) is 51.5 Å². The van der Waals surface area contributed by atoms with Gasteiger partial charge in [-0.2, -0.15) is 0 Å². The van der Waals surface area contributed by atoms with Crippen LogP contribution in [0.15, 0.2) is 60.8 Å². The number of allylic oxidation sites excluding steroid dienone is 10. The Hall–Kier alpha value is -2.29. The van der Waals surface area contributed by atoms with Crippen molar-refractivity contribution in [3.05, 3.63) is 60.8 Å². The zero-order valence-corrected chi connectivity index (χ0v) is 35.8. The van der Waals surface area contributed by atoms with Crippen molar-refractivity contribution in [2.45, 2.75) is 161 Å². The topological polar surface area (TPSA) is 108 Å². The van der Waals surface area contributed by atoms with Crippen LogP contribution in [-0.2, 0) is 32.7 Å². The minimum Gasteiger partial charge on any atom is -0.462 e. The predicted octanol–water partition coefficient (Wildman–Crippen LogP) is 11.7. The summed E-state index contributed by atoms with van der Waals surface area (Å²) in [7, 11) is 1.45. The van der Waals surface area contributed by atoms with Crippen molar-refractivity contribution in [3.8, 4) is 0 Å². The monoisotopic (exact) mass is 781 g/mol. The summed E-state index contributed by atoms with van der Waals surface area (Å²) < 4.78 is 34.2. The summed E-state index contributed by atoms with van der Waals surface area (Å²) in [6.07, 6.45) is 42.6. The van der Waals surface area contributed by atoms with Crippen LogP contribution in [0, 0.1) is 0 Å². The smallest absolute Gasteiger partial charge is 0.462 e. The van der Waals surface area contributed by atoms with Crippen molar-refractivity contribution in [3.63, 3.8) is 0 Å². The molecule has 10 heteroatoms. The highest BCUT2D eigenvalue weighted by Gasteiger charge is 2.27. The van der Waals surface area contributed by atoms with Gasteiger partial charge in [-0.05, 0) is 51.4 Å². The normalized spacial score (nSPS) is 14.3. The molecule has 0 aliphatic carbocycles. The predicted molar refractivity (Wildman–Crippen MR) is 224 cm³/mol. The Balaban J connectivity index is 4.43. The number of carbonyl (C=O) groups is 2. The molecule has 9 nitrogen and oxygen atoms in total. The Morgan fingerprint density at radius 1 is 0.593 bits per heavy atom. The molecule has 0 heterocycles. The fourth-order valence-electron chi connectivity index (χ4n) is 5.30. The van der Waals surface area contributed by atoms with Gasteiger partial charge in [0.2, 0.25) is 0 Å². The van der Waals surface area contributed by atoms with E-state index in [4.69, 9.17) is 18.5 Å². The van der Waals surface area contributed by atoms with Crippen LogP contribution in [0.4, 0.5) is 0 Å². The van der Waals surface area contributed by atoms with Gasteiger partial charge in [-0.15, -0.1) is 0 Å². The first kappa shape index (κ1) is 51.7. The Bertz CT molecular complexity index is 1110. The van der Waals surface area contributed by atoms with Gasteiger partial charge in [0, 0.05) is 12.8 Å². The van der Waals surface area contributed by atoms with Gasteiger partial charge in [-0.1, -0.05) is 152 Å². The molecule has 0 spiro atoms. The lowest BCUT2D eigenvalue weighted by atomic mass is 10.1. The molecule has 0 aliphatic heterocycles. The Morgan fingerprint density at radius 3 is 1.63 bits per heavy atom. The van der Waals surface area contributed by atoms with Gasteiger partial charge in [0.25, 0.3) is 0 Å². The Labute approximate surface area is 330 Å². The average Bonchev–Trinajstić information content (AvgIpc) is 3.12. The quantitative estimate of drug-likeness (QED) is 0.0166. The zero-order chi connectivity index (χ0) is 40.0. The number of hydrogen-bond donors (Lipinski definition) is 1. The van der Waals surface area contributed by atoms with Gasteiger partial charge in [0.05, 0.1) is 27.7 Å². The standard InChI is InChI=1S/C44H78NO8P/c1-6-8-10-12-14-16-18-20-22-24-26-28-30-32-34-36-43(46)50-40-42(41-52-54(48,49)51-39-38-45(3,4)5)53-44(47)37-35-33-31-29-27-25-23-21-19-17-15-13-11-9-7-2/h9,11-15,17,19,21,23,42H,6-8,10,16,18,20,22,24-41H2,1-5H3/p+1/b11-9+,14-12+,15-13+,19-17+,23-21+/t42-/m1/s1. The number of phosphoric acid groups is 1. The average molecular weight is 781 g/mol. The number of quaternary nitrogens is 1. The third-order valence-corrected chi connectivity index (χ3v) is 9.61. The number of carbonyl (C=O) groups excluding carboxylic acids is 2. The number of hydrogen-bond acceptors (Lipinski definition) is 7. The molecule has 0 aromatic carbocycles. The molecule has 0 bridgehead atoms. The molecule has 0 aromatic rings. The molecule has 0 amide bonds. The molecular formula is C44H79NO8P+. The van der Waals surface area contributed by atoms with E-state index >= 15 is 0 Å². The van der Waals surface area contributed by atoms with Crippen molar-refractivity contribution in [1.29, 1.82) is 0 Å². The molecular weight excluding hydrogens is 701 g/mol. The van der Waals surface area contributed by atoms with E-state index < -0.39 is 26.5 Å². The second-order valence-electron chi connectivity index (χ2n) is 15.1. The van der Waals surface area contributed by atoms with Crippen LogP contribution in [0.5, 0.6) is 0 Å². The fraction of sp³-hybridized carbons (Fsp3) is 0.727. The number of phosphoric ester groups is 1. The summed E-state index contributed by atoms with van der Waals surface area (Å²) >= 11 is 0. The van der Waals surface area contributed by atoms with Crippen LogP contribution in [0.2, 0.25) is 0 Å². The van der Waals surface area contributed by atoms with E-state index in [1.165, 1.54) is 64.2 Å². The molecule has 0 saturated carbocycles. The first-order valence-electron chi connectivity index (χ1n) is 21.1. The van der Waals surface area contributed by atoms with Crippen LogP contribution in [0.1, 0.15) is 155 Å². The SMILES string of the molecule is CC/C=C/C=C/C=C/C=C/CCCCCCCC(=O)O[C@H](COC(=O)CCCCCCCCCCC/C=C/CCCC)COP(=O)(O)OCC[N+](C)(C)C. The lowest BCUT2D eigenvalue weighted by Crippen LogP contribution is -2.37. The number of ether oxygens (including phenoxy) is 2. The second-order valence-corrected chi connectivity index (χ2v) is 16.5. The second kappa shape index (κ2) is 36.4. The van der Waals surface area contributed by atoms with Crippen LogP contribution >= 0.6 is 7.82 Å². The van der Waals surface area contributed by atoms with E-state index in [0.29, 0.717) is 17.4 Å². The van der Waals surface area contributed by atoms with Gasteiger partial charge in [-0.3, -0.25) is 18.6 Å². The molecule has 0 rings (SSSR count). The zero-order valence-electron chi connectivity index (χ0n) is 34.9. The van der Waals surface area contributed by atoms with E-state index in [0.717, 1.165) is 57.8 Å². The highest BCUT2D eigenvalue weighted by Crippen LogP contribution is 2.43. The lowest BCUT2D eigenvalue weighted by molar-refractivity contribution is -0.870. The van der Waals surface area contributed by atoms with E-state index in [1.54, 1.807) is 0 Å². The molecule has 0 radical (unpaired) electrons. The summed E-state index contributed by atoms with van der Waals surface area (Å²) in [6.45, 7) is 4.21. The first-order valence-corrected chi connectivity index (χ1v) is 22.6. The summed E-state index contributed by atoms with van der Waals surface area (Å²) in [5, 5.41) is 0. The van der Waals surface area contributed by atoms with Gasteiger partial charge >= 0.3 is 19.8 Å². The highest BCUT2D eigenvalue weighted by atomic mass is 31.2. The molecule has 0 fully saturated rings. The minimum atomic E-state index is -4.38. The van der Waals surface area contributed by atoms with E-state index in [-0.39, 0.29) is 32.0 Å².